The summed E-state index contributed by atoms with van der Waals surface area (Å²) in [6, 6.07) is 9.32. The summed E-state index contributed by atoms with van der Waals surface area (Å²) in [4.78, 5) is 22.8. The molecule has 136 valence electrons. The van der Waals surface area contributed by atoms with Crippen LogP contribution in [0.1, 0.15) is 15.9 Å². The molecule has 0 aliphatic rings. The Morgan fingerprint density at radius 2 is 2.07 bits per heavy atom. The number of nitrogens with two attached hydrogens (primary N) is 1. The maximum absolute atomic E-state index is 13.2. The molecule has 4 rings (SSSR count). The summed E-state index contributed by atoms with van der Waals surface area (Å²) >= 11 is 6.06. The van der Waals surface area contributed by atoms with Crippen molar-refractivity contribution in [3.8, 4) is 0 Å². The topological polar surface area (TPSA) is 76.5 Å². The minimum atomic E-state index is -0.414. The van der Waals surface area contributed by atoms with E-state index in [1.54, 1.807) is 48.2 Å². The number of benzene rings is 2. The number of nitrogen functional groups attached to an aromatic ring is 1. The first kappa shape index (κ1) is 17.2. The Morgan fingerprint density at radius 3 is 2.85 bits per heavy atom. The second-order valence-electron chi connectivity index (χ2n) is 6.25. The summed E-state index contributed by atoms with van der Waals surface area (Å²) in [7, 11) is 1.67. The molecule has 2 aromatic heterocycles. The van der Waals surface area contributed by atoms with Crippen LogP contribution in [0.25, 0.3) is 16.6 Å². The smallest absolute Gasteiger partial charge is 0.253 e. The van der Waals surface area contributed by atoms with Crippen LogP contribution in [0, 0.1) is 5.82 Å². The molecule has 0 unspecified atom stereocenters. The minimum absolute atomic E-state index is 0.192. The molecule has 0 aliphatic carbocycles. The number of rotatable bonds is 3. The normalized spacial score (nSPS) is 11.2. The van der Waals surface area contributed by atoms with Gasteiger partial charge in [0.15, 0.2) is 0 Å². The van der Waals surface area contributed by atoms with Crippen LogP contribution in [0.4, 0.5) is 10.2 Å². The number of aromatic nitrogens is 3. The van der Waals surface area contributed by atoms with Crippen LogP contribution in [0.3, 0.4) is 0 Å². The monoisotopic (exact) mass is 383 g/mol. The average molecular weight is 384 g/mol. The molecule has 4 aromatic rings. The number of halogens is 2. The molecule has 2 N–H and O–H groups in total. The van der Waals surface area contributed by atoms with E-state index in [-0.39, 0.29) is 17.5 Å². The molecule has 0 atom stereocenters. The third-order valence-corrected chi connectivity index (χ3v) is 4.74. The van der Waals surface area contributed by atoms with Gasteiger partial charge in [0, 0.05) is 24.2 Å². The zero-order chi connectivity index (χ0) is 19.1. The Morgan fingerprint density at radius 1 is 1.26 bits per heavy atom. The van der Waals surface area contributed by atoms with E-state index in [4.69, 9.17) is 17.3 Å². The van der Waals surface area contributed by atoms with Gasteiger partial charge in [0.1, 0.15) is 17.2 Å². The van der Waals surface area contributed by atoms with Crippen molar-refractivity contribution in [2.24, 2.45) is 0 Å². The zero-order valence-electron chi connectivity index (χ0n) is 14.4. The van der Waals surface area contributed by atoms with Gasteiger partial charge in [0.2, 0.25) is 0 Å². The lowest BCUT2D eigenvalue weighted by molar-refractivity contribution is 0.0785. The van der Waals surface area contributed by atoms with Crippen molar-refractivity contribution in [3.63, 3.8) is 0 Å². The highest BCUT2D eigenvalue weighted by Gasteiger charge is 2.16. The maximum atomic E-state index is 13.2. The highest BCUT2D eigenvalue weighted by atomic mass is 35.5. The van der Waals surface area contributed by atoms with Crippen molar-refractivity contribution in [3.05, 3.63) is 70.9 Å². The van der Waals surface area contributed by atoms with Crippen molar-refractivity contribution in [1.82, 2.24) is 19.3 Å². The molecule has 2 heterocycles. The Labute approximate surface area is 159 Å². The number of nitrogens with zero attached hydrogens (tertiary/aromatic N) is 4. The first-order chi connectivity index (χ1) is 12.9. The Hall–Kier alpha value is -3.19. The lowest BCUT2D eigenvalue weighted by Crippen LogP contribution is -2.26. The largest absolute Gasteiger partial charge is 0.382 e. The quantitative estimate of drug-likeness (QED) is 0.587. The predicted octanol–water partition coefficient (Wildman–Crippen LogP) is 3.53. The molecule has 0 saturated carbocycles. The average Bonchev–Trinajstić information content (AvgIpc) is 3.14. The molecule has 0 bridgehead atoms. The van der Waals surface area contributed by atoms with Gasteiger partial charge in [-0.05, 0) is 35.9 Å². The lowest BCUT2D eigenvalue weighted by Gasteiger charge is -2.18. The first-order valence-electron chi connectivity index (χ1n) is 8.15. The molecule has 6 nitrogen and oxygen atoms in total. The van der Waals surface area contributed by atoms with Gasteiger partial charge in [-0.25, -0.2) is 14.4 Å². The Balaban J connectivity index is 1.68. The predicted molar refractivity (Wildman–Crippen MR) is 102 cm³/mol. The van der Waals surface area contributed by atoms with Crippen LogP contribution in [0.2, 0.25) is 5.02 Å². The van der Waals surface area contributed by atoms with Gasteiger partial charge >= 0.3 is 0 Å². The molecule has 2 aromatic carbocycles. The molecular formula is C19H15ClFN5O. The van der Waals surface area contributed by atoms with E-state index in [0.29, 0.717) is 28.0 Å². The SMILES string of the molecule is CN(Cc1ccc(F)cc1Cl)C(=O)c1ccc2nc(N)c3cncn3c2c1. The Bertz CT molecular complexity index is 1190. The van der Waals surface area contributed by atoms with Gasteiger partial charge in [-0.3, -0.25) is 9.20 Å². The molecule has 0 aliphatic heterocycles. The third kappa shape index (κ3) is 3.06. The minimum Gasteiger partial charge on any atom is -0.382 e. The molecule has 0 radical (unpaired) electrons. The molecule has 8 heteroatoms. The van der Waals surface area contributed by atoms with Crippen molar-refractivity contribution in [2.75, 3.05) is 12.8 Å². The Kier molecular flexibility index (Phi) is 4.16. The van der Waals surface area contributed by atoms with Crippen LogP contribution < -0.4 is 5.73 Å². The number of carbonyl (C=O) groups is 1. The van der Waals surface area contributed by atoms with Crippen LogP contribution >= 0.6 is 11.6 Å². The van der Waals surface area contributed by atoms with E-state index in [9.17, 15) is 9.18 Å². The fourth-order valence-corrected chi connectivity index (χ4v) is 3.23. The van der Waals surface area contributed by atoms with Gasteiger partial charge in [-0.15, -0.1) is 0 Å². The molecule has 27 heavy (non-hydrogen) atoms. The number of carbonyl (C=O) groups excluding carboxylic acids is 1. The summed E-state index contributed by atoms with van der Waals surface area (Å²) in [6.45, 7) is 0.260. The highest BCUT2D eigenvalue weighted by Crippen LogP contribution is 2.22. The first-order valence-corrected chi connectivity index (χ1v) is 8.52. The summed E-state index contributed by atoms with van der Waals surface area (Å²) in [5.74, 6) is -0.229. The van der Waals surface area contributed by atoms with Crippen molar-refractivity contribution in [2.45, 2.75) is 6.54 Å². The van der Waals surface area contributed by atoms with Gasteiger partial charge < -0.3 is 10.6 Å². The number of fused-ring (bicyclic) bond motifs is 3. The maximum Gasteiger partial charge on any atom is 0.253 e. The highest BCUT2D eigenvalue weighted by molar-refractivity contribution is 6.31. The molecule has 0 saturated heterocycles. The fourth-order valence-electron chi connectivity index (χ4n) is 3.01. The van der Waals surface area contributed by atoms with Crippen molar-refractivity contribution >= 4 is 39.9 Å². The van der Waals surface area contributed by atoms with Gasteiger partial charge in [0.25, 0.3) is 5.91 Å². The molecule has 1 amide bonds. The zero-order valence-corrected chi connectivity index (χ0v) is 15.1. The fraction of sp³-hybridized carbons (Fsp3) is 0.105. The number of hydrogen-bond donors (Lipinski definition) is 1. The standard InChI is InChI=1S/C19H15ClFN5O/c1-25(9-12-2-4-13(21)7-14(12)20)19(27)11-3-5-15-16(6-11)26-10-23-8-17(26)18(22)24-15/h2-8,10H,9H2,1H3,(H2,22,24). The number of amides is 1. The van der Waals surface area contributed by atoms with Crippen molar-refractivity contribution < 1.29 is 9.18 Å². The van der Waals surface area contributed by atoms with Gasteiger partial charge in [0.05, 0.1) is 23.6 Å². The van der Waals surface area contributed by atoms with Crippen LogP contribution in [0.15, 0.2) is 48.9 Å². The van der Waals surface area contributed by atoms with E-state index in [0.717, 1.165) is 5.52 Å². The van der Waals surface area contributed by atoms with Gasteiger partial charge in [-0.1, -0.05) is 17.7 Å². The second kappa shape index (κ2) is 6.51. The lowest BCUT2D eigenvalue weighted by atomic mass is 10.1. The second-order valence-corrected chi connectivity index (χ2v) is 6.65. The molecular weight excluding hydrogens is 369 g/mol. The van der Waals surface area contributed by atoms with E-state index in [1.807, 2.05) is 0 Å². The van der Waals surface area contributed by atoms with Crippen molar-refractivity contribution in [1.29, 1.82) is 0 Å². The molecule has 0 spiro atoms. The number of hydrogen-bond acceptors (Lipinski definition) is 4. The summed E-state index contributed by atoms with van der Waals surface area (Å²) in [6.07, 6.45) is 3.25. The van der Waals surface area contributed by atoms with E-state index >= 15 is 0 Å². The van der Waals surface area contributed by atoms with E-state index < -0.39 is 5.82 Å². The summed E-state index contributed by atoms with van der Waals surface area (Å²) in [5, 5.41) is 0.285. The van der Waals surface area contributed by atoms with E-state index in [2.05, 4.69) is 9.97 Å². The number of anilines is 1. The van der Waals surface area contributed by atoms with Crippen LogP contribution in [-0.4, -0.2) is 32.2 Å². The summed E-state index contributed by atoms with van der Waals surface area (Å²) in [5.41, 5.74) is 9.17. The number of imidazole rings is 1. The summed E-state index contributed by atoms with van der Waals surface area (Å²) < 4.78 is 15.0. The van der Waals surface area contributed by atoms with Crippen LogP contribution in [0.5, 0.6) is 0 Å². The van der Waals surface area contributed by atoms with Crippen LogP contribution in [-0.2, 0) is 6.54 Å². The van der Waals surface area contributed by atoms with Gasteiger partial charge in [-0.2, -0.15) is 0 Å². The third-order valence-electron chi connectivity index (χ3n) is 4.39. The van der Waals surface area contributed by atoms with E-state index in [1.165, 1.54) is 17.0 Å². The molecule has 0 fully saturated rings.